The Hall–Kier alpha value is -14.7. The maximum Gasteiger partial charge on any atom is 0.312 e. The number of ether oxygens (including phenoxy) is 5. The maximum absolute atomic E-state index is 12.5. The molecule has 15 rings (SSSR count). The van der Waals surface area contributed by atoms with E-state index in [1.54, 1.807) is 175 Å². The second kappa shape index (κ2) is 47.6. The highest BCUT2D eigenvalue weighted by Crippen LogP contribution is 2.37. The summed E-state index contributed by atoms with van der Waals surface area (Å²) in [5, 5.41) is 16.5. The molecule has 0 spiro atoms. The van der Waals surface area contributed by atoms with Gasteiger partial charge < -0.3 is 90.4 Å². The van der Waals surface area contributed by atoms with Crippen molar-refractivity contribution in [2.45, 2.75) is 128 Å². The van der Waals surface area contributed by atoms with Gasteiger partial charge in [0.25, 0.3) is 0 Å². The van der Waals surface area contributed by atoms with E-state index in [4.69, 9.17) is 46.0 Å². The van der Waals surface area contributed by atoms with Gasteiger partial charge in [0.05, 0.1) is 27.0 Å². The summed E-state index contributed by atoms with van der Waals surface area (Å²) in [7, 11) is 6.16. The largest absolute Gasteiger partial charge is 0.443 e. The van der Waals surface area contributed by atoms with Gasteiger partial charge in [0.1, 0.15) is 22.9 Å². The van der Waals surface area contributed by atoms with Gasteiger partial charge in [-0.15, -0.1) is 0 Å². The fourth-order valence-electron chi connectivity index (χ4n) is 14.2. The van der Waals surface area contributed by atoms with E-state index in [1.807, 2.05) is 101 Å². The Morgan fingerprint density at radius 2 is 0.800 bits per heavy atom. The predicted molar refractivity (Wildman–Crippen MR) is 543 cm³/mol. The second-order valence-electron chi connectivity index (χ2n) is 33.4. The Morgan fingerprint density at radius 3 is 1.15 bits per heavy atom. The van der Waals surface area contributed by atoms with Crippen LogP contribution >= 0.6 is 38.6 Å². The quantitative estimate of drug-likeness (QED) is 0.0115. The number of carbonyl (C=O) groups is 8. The van der Waals surface area contributed by atoms with Crippen LogP contribution < -0.4 is 61.2 Å². The molecule has 6 amide bonds. The summed E-state index contributed by atoms with van der Waals surface area (Å²) < 4.78 is 32.5. The maximum atomic E-state index is 12.5. The van der Waals surface area contributed by atoms with Crippen molar-refractivity contribution in [1.82, 2.24) is 58.7 Å². The molecule has 135 heavy (non-hydrogen) atoms. The highest BCUT2D eigenvalue weighted by atomic mass is 35.5. The summed E-state index contributed by atoms with van der Waals surface area (Å²) in [6.45, 7) is 30.6. The van der Waals surface area contributed by atoms with Crippen molar-refractivity contribution in [1.29, 1.82) is 0 Å². The molecule has 3 fully saturated rings. The third kappa shape index (κ3) is 28.5. The van der Waals surface area contributed by atoms with Crippen molar-refractivity contribution in [3.63, 3.8) is 0 Å². The summed E-state index contributed by atoms with van der Waals surface area (Å²) in [5.74, 6) is 1.67. The van der Waals surface area contributed by atoms with Crippen molar-refractivity contribution in [2.24, 2.45) is 10.8 Å². The summed E-state index contributed by atoms with van der Waals surface area (Å²) in [6.07, 6.45) is 11.7. The summed E-state index contributed by atoms with van der Waals surface area (Å²) in [6, 6.07) is 50.9. The molecule has 3 atom stereocenters. The first-order valence-corrected chi connectivity index (χ1v) is 42.7. The number of aromatic nitrogens is 9. The monoisotopic (exact) mass is 1900 g/mol. The molecule has 6 aromatic carbocycles. The minimum absolute atomic E-state index is 0. The fourth-order valence-corrected chi connectivity index (χ4v) is 14.4. The van der Waals surface area contributed by atoms with Gasteiger partial charge in [-0.05, 0) is 218 Å². The number of nitrogens with zero attached hydrogens (tertiary/aromatic N) is 14. The molecular formula is C98H120ClN21O13S2. The van der Waals surface area contributed by atoms with Gasteiger partial charge in [-0.25, -0.2) is 0 Å². The normalized spacial score (nSPS) is 14.1. The van der Waals surface area contributed by atoms with Crippen LogP contribution in [0.1, 0.15) is 96.4 Å². The SMILES string of the molecule is C.C.C=CC(=O)Nc1cccc(Oc2nc(Cl)nc3c2ccn3COC(=O)C(C)(C)C)c1.C=CC(=O)Nc1cccc(Oc2nc(Nc3ccc(N(C)[C@H]4CCN(C(C)=O)C4)cc3)nc3[nH]ccc23)c1.C=CC(=O)Nc1cccc(Oc2nc(Nc3ccc(N(C)[C@H]4CCN(C(C)=O)C4)cc3)nc3c2ccn3COC(=O)C(C)(C)C)c1.CC(=O)N1CC[C@H](N(C)c2ccc(N)cc2)C1.S.S. The van der Waals surface area contributed by atoms with Gasteiger partial charge in [0, 0.05) is 187 Å². The van der Waals surface area contributed by atoms with Crippen LogP contribution in [0, 0.1) is 10.8 Å². The lowest BCUT2D eigenvalue weighted by molar-refractivity contribution is -0.157. The Kier molecular flexibility index (Phi) is 37.3. The van der Waals surface area contributed by atoms with E-state index in [9.17, 15) is 38.4 Å². The van der Waals surface area contributed by atoms with E-state index in [1.165, 1.54) is 18.2 Å². The molecule has 3 aliphatic rings. The number of nitrogen functional groups attached to an aromatic ring is 1. The number of H-pyrrole nitrogens is 1. The zero-order chi connectivity index (χ0) is 94.0. The average molecular weight is 1900 g/mol. The number of rotatable bonds is 26. The lowest BCUT2D eigenvalue weighted by atomic mass is 9.97. The number of fused-ring (bicyclic) bond motifs is 3. The topological polar surface area (TPSA) is 391 Å². The molecular weight excluding hydrogens is 1780 g/mol. The highest BCUT2D eigenvalue weighted by Gasteiger charge is 2.32. The van der Waals surface area contributed by atoms with E-state index in [2.05, 4.69) is 105 Å². The molecule has 3 aliphatic heterocycles. The van der Waals surface area contributed by atoms with E-state index in [0.717, 1.165) is 91.5 Å². The molecule has 0 radical (unpaired) electrons. The molecule has 0 bridgehead atoms. The number of nitrogens with one attached hydrogen (secondary N) is 6. The summed E-state index contributed by atoms with van der Waals surface area (Å²) >= 11 is 6.08. The number of hydrogen-bond donors (Lipinski definition) is 7. The lowest BCUT2D eigenvalue weighted by Gasteiger charge is -2.27. The molecule has 9 heterocycles. The summed E-state index contributed by atoms with van der Waals surface area (Å²) in [5.41, 5.74) is 13.2. The molecule has 6 aromatic heterocycles. The number of likely N-dealkylation sites (N-methyl/N-ethyl adjacent to an activating group) is 3. The molecule has 0 aliphatic carbocycles. The van der Waals surface area contributed by atoms with Crippen molar-refractivity contribution in [3.05, 3.63) is 226 Å². The first-order chi connectivity index (χ1) is 62.5. The van der Waals surface area contributed by atoms with Gasteiger partial charge in [0.2, 0.25) is 70.3 Å². The van der Waals surface area contributed by atoms with Crippen LogP contribution in [0.4, 0.5) is 63.1 Å². The summed E-state index contributed by atoms with van der Waals surface area (Å²) in [4.78, 5) is 137. The molecule has 0 saturated carbocycles. The third-order valence-corrected chi connectivity index (χ3v) is 21.9. The van der Waals surface area contributed by atoms with Crippen LogP contribution in [0.2, 0.25) is 5.28 Å². The Balaban J connectivity index is 0.000000229. The van der Waals surface area contributed by atoms with Crippen LogP contribution in [-0.4, -0.2) is 185 Å². The highest BCUT2D eigenvalue weighted by molar-refractivity contribution is 7.59. The molecule has 8 N–H and O–H groups in total. The van der Waals surface area contributed by atoms with Crippen LogP contribution in [0.5, 0.6) is 34.9 Å². The minimum Gasteiger partial charge on any atom is -0.443 e. The van der Waals surface area contributed by atoms with Gasteiger partial charge in [-0.2, -0.15) is 56.9 Å². The number of carbonyl (C=O) groups excluding carboxylic acids is 8. The number of likely N-dealkylation sites (tertiary alicyclic amines) is 3. The van der Waals surface area contributed by atoms with E-state index < -0.39 is 10.8 Å². The van der Waals surface area contributed by atoms with Crippen molar-refractivity contribution >= 4 is 182 Å². The third-order valence-electron chi connectivity index (χ3n) is 21.8. The molecule has 3 saturated heterocycles. The van der Waals surface area contributed by atoms with Crippen LogP contribution in [0.25, 0.3) is 33.1 Å². The van der Waals surface area contributed by atoms with Crippen molar-refractivity contribution in [2.75, 3.05) is 107 Å². The van der Waals surface area contributed by atoms with Crippen molar-refractivity contribution < 1.29 is 62.0 Å². The number of anilines is 11. The average Bonchev–Trinajstić information content (AvgIpc) is 1.65. The smallest absolute Gasteiger partial charge is 0.312 e. The number of aromatic amines is 1. The van der Waals surface area contributed by atoms with Gasteiger partial charge in [-0.3, -0.25) is 47.5 Å². The van der Waals surface area contributed by atoms with Gasteiger partial charge >= 0.3 is 11.9 Å². The molecule has 714 valence electrons. The van der Waals surface area contributed by atoms with Gasteiger partial charge in [-0.1, -0.05) is 52.8 Å². The fraction of sp³-hybridized carbons (Fsp3) is 0.306. The number of benzene rings is 6. The second-order valence-corrected chi connectivity index (χ2v) is 33.7. The number of nitrogens with two attached hydrogens (primary N) is 1. The first-order valence-electron chi connectivity index (χ1n) is 42.3. The zero-order valence-corrected chi connectivity index (χ0v) is 79.0. The van der Waals surface area contributed by atoms with E-state index in [0.29, 0.717) is 92.5 Å². The van der Waals surface area contributed by atoms with E-state index in [-0.39, 0.29) is 132 Å². The number of halogens is 1. The van der Waals surface area contributed by atoms with Crippen LogP contribution in [-0.2, 0) is 61.3 Å². The van der Waals surface area contributed by atoms with Crippen LogP contribution in [0.3, 0.4) is 0 Å². The Morgan fingerprint density at radius 1 is 0.459 bits per heavy atom. The first kappa shape index (κ1) is 106. The Bertz CT molecular complexity index is 6180. The minimum atomic E-state index is -0.657. The lowest BCUT2D eigenvalue weighted by Crippen LogP contribution is -2.35. The molecule has 0 unspecified atom stereocenters. The number of hydrogen-bond acceptors (Lipinski definition) is 25. The predicted octanol–water partition coefficient (Wildman–Crippen LogP) is 17.7. The van der Waals surface area contributed by atoms with Crippen molar-refractivity contribution in [3.8, 4) is 34.9 Å². The standard InChI is InChI=1S/C34H39N7O5.C28H29N7O3.C21H21ClN4O4.C13H19N3O.2CH4.2H2S/c1-7-29(43)35-24-9-8-10-27(19-24)46-31-28-16-18-41(21-45-32(44)34(3,4)5)30(28)37-33(38-31)36-23-11-13-25(14-12-23)39(6)26-15-17-40(20-26)22(2)42;1-4-25(37)30-20-6-5-7-23(16-20)38-27-24-12-14-29-26(24)32-28(33-27)31-19-8-10-21(11-9-19)34(3)22-13-15-35(17-22)18(2)36;1-5-16(27)23-13-7-6-8-14(11-13)30-18-15-9-10-26(17(15)24-20(22)25-18)12-29-19(28)21(2,3)4;1-10(17)16-8-7-13(9-16)15(2)12-5-3-11(14)4-6-12;;;;/h7-14,16,18-19,26H,1,15,17,20-21H2,2-6H3,(H,35,43)(H,36,37,38);4-12,14,16,22H,1,13,15,17H2,2-3H3,(H,30,37)(H2,29,31,32,33);5-11H,1,12H2,2-4H3,(H,23,27);3-6,13H,7-9,14H2,1-2H3;2*1H4;2*1H2/t26-;22-;;13-;;;;/m00.0..../s1. The molecule has 37 heteroatoms. The number of amides is 6. The number of esters is 2. The zero-order valence-electron chi connectivity index (χ0n) is 76.2. The van der Waals surface area contributed by atoms with Gasteiger partial charge in [0.15, 0.2) is 24.8 Å². The van der Waals surface area contributed by atoms with Crippen LogP contribution in [0.15, 0.2) is 220 Å². The molecule has 12 aromatic rings. The van der Waals surface area contributed by atoms with E-state index >= 15 is 0 Å². The molecule has 34 nitrogen and oxygen atoms in total. The Labute approximate surface area is 804 Å².